The highest BCUT2D eigenvalue weighted by atomic mass is 16.6. The van der Waals surface area contributed by atoms with Gasteiger partial charge in [0.2, 0.25) is 0 Å². The van der Waals surface area contributed by atoms with E-state index in [1.54, 1.807) is 0 Å². The van der Waals surface area contributed by atoms with Gasteiger partial charge in [0.05, 0.1) is 12.9 Å². The Morgan fingerprint density at radius 2 is 2.08 bits per heavy atom. The number of imidazole rings is 1. The van der Waals surface area contributed by atoms with Gasteiger partial charge in [-0.15, -0.1) is 0 Å². The zero-order chi connectivity index (χ0) is 18.1. The molecule has 9 nitrogen and oxygen atoms in total. The number of anilines is 1. The molecule has 0 unspecified atom stereocenters. The summed E-state index contributed by atoms with van der Waals surface area (Å²) >= 11 is 0. The average Bonchev–Trinajstić information content (AvgIpc) is 3.10. The molecule has 0 aromatic carbocycles. The third-order valence-corrected chi connectivity index (χ3v) is 4.10. The van der Waals surface area contributed by atoms with Crippen LogP contribution in [0.5, 0.6) is 0 Å². The van der Waals surface area contributed by atoms with E-state index < -0.39 is 24.5 Å². The lowest BCUT2D eigenvalue weighted by molar-refractivity contribution is -0.0511. The fourth-order valence-electron chi connectivity index (χ4n) is 3.01. The summed E-state index contributed by atoms with van der Waals surface area (Å²) in [5.41, 5.74) is 2.19. The van der Waals surface area contributed by atoms with Crippen LogP contribution in [0, 0.1) is 0 Å². The van der Waals surface area contributed by atoms with E-state index in [-0.39, 0.29) is 12.6 Å². The first-order valence-corrected chi connectivity index (χ1v) is 8.14. The summed E-state index contributed by atoms with van der Waals surface area (Å²) in [5.74, 6) is 0.570. The predicted octanol–water partition coefficient (Wildman–Crippen LogP) is 0.204. The van der Waals surface area contributed by atoms with Crippen molar-refractivity contribution in [1.29, 1.82) is 0 Å². The third-order valence-electron chi connectivity index (χ3n) is 4.10. The van der Waals surface area contributed by atoms with Crippen LogP contribution < -0.4 is 5.32 Å². The van der Waals surface area contributed by atoms with E-state index in [1.165, 1.54) is 22.8 Å². The van der Waals surface area contributed by atoms with E-state index in [4.69, 9.17) is 4.74 Å². The molecule has 136 valence electrons. The van der Waals surface area contributed by atoms with Gasteiger partial charge in [0.25, 0.3) is 0 Å². The molecule has 4 N–H and O–H groups in total. The molecule has 1 aliphatic heterocycles. The Morgan fingerprint density at radius 3 is 2.72 bits per heavy atom. The van der Waals surface area contributed by atoms with Gasteiger partial charge >= 0.3 is 0 Å². The van der Waals surface area contributed by atoms with Gasteiger partial charge in [0.15, 0.2) is 23.2 Å². The third kappa shape index (κ3) is 3.36. The number of aliphatic hydroxyl groups is 3. The van der Waals surface area contributed by atoms with Crippen molar-refractivity contribution in [2.24, 2.45) is 0 Å². The molecule has 1 saturated heterocycles. The molecule has 1 fully saturated rings. The minimum Gasteiger partial charge on any atom is -0.394 e. The number of aliphatic hydroxyl groups excluding tert-OH is 3. The van der Waals surface area contributed by atoms with E-state index in [1.807, 2.05) is 20.8 Å². The van der Waals surface area contributed by atoms with Crippen LogP contribution >= 0.6 is 0 Å². The Morgan fingerprint density at radius 1 is 1.32 bits per heavy atom. The molecule has 0 radical (unpaired) electrons. The highest BCUT2D eigenvalue weighted by Gasteiger charge is 2.44. The van der Waals surface area contributed by atoms with Crippen molar-refractivity contribution in [2.45, 2.75) is 51.4 Å². The van der Waals surface area contributed by atoms with Crippen LogP contribution in [0.2, 0.25) is 0 Å². The quantitative estimate of drug-likeness (QED) is 0.564. The summed E-state index contributed by atoms with van der Waals surface area (Å²) in [6, 6.07) is 0.0576. The molecule has 0 aliphatic carbocycles. The second kappa shape index (κ2) is 7.04. The molecule has 2 aromatic rings. The minimum absolute atomic E-state index is 0.0576. The lowest BCUT2D eigenvalue weighted by Crippen LogP contribution is -2.33. The molecule has 0 spiro atoms. The molecule has 5 atom stereocenters. The molecule has 0 amide bonds. The molecule has 3 rings (SSSR count). The Labute approximate surface area is 145 Å². The first kappa shape index (κ1) is 17.7. The normalized spacial score (nSPS) is 27.4. The maximum Gasteiger partial charge on any atom is 0.167 e. The number of hydrogen-bond donors (Lipinski definition) is 4. The summed E-state index contributed by atoms with van der Waals surface area (Å²) in [6.07, 6.45) is 0.854. The lowest BCUT2D eigenvalue weighted by Gasteiger charge is -2.16. The maximum absolute atomic E-state index is 10.2. The lowest BCUT2D eigenvalue weighted by atomic mass is 10.1. The highest BCUT2D eigenvalue weighted by Crippen LogP contribution is 2.32. The van der Waals surface area contributed by atoms with Gasteiger partial charge < -0.3 is 25.4 Å². The number of fused-ring (bicyclic) bond motifs is 1. The second-order valence-electron chi connectivity index (χ2n) is 6.45. The van der Waals surface area contributed by atoms with Gasteiger partial charge in [-0.2, -0.15) is 0 Å². The number of aromatic nitrogens is 4. The molecule has 1 aliphatic rings. The summed E-state index contributed by atoms with van der Waals surface area (Å²) < 4.78 is 7.08. The van der Waals surface area contributed by atoms with Crippen molar-refractivity contribution in [3.63, 3.8) is 0 Å². The molecule has 3 heterocycles. The molecule has 9 heteroatoms. The number of rotatable bonds is 5. The van der Waals surface area contributed by atoms with Crippen molar-refractivity contribution < 1.29 is 20.1 Å². The zero-order valence-electron chi connectivity index (χ0n) is 14.4. The fraction of sp³-hybridized carbons (Fsp3) is 0.562. The monoisotopic (exact) mass is 349 g/mol. The van der Waals surface area contributed by atoms with E-state index >= 15 is 0 Å². The van der Waals surface area contributed by atoms with E-state index in [0.717, 1.165) is 0 Å². The number of nitrogens with one attached hydrogen (secondary N) is 1. The number of hydrogen-bond acceptors (Lipinski definition) is 8. The van der Waals surface area contributed by atoms with Gasteiger partial charge in [-0.25, -0.2) is 15.0 Å². The van der Waals surface area contributed by atoms with Crippen LogP contribution in [-0.2, 0) is 4.74 Å². The maximum atomic E-state index is 10.2. The van der Waals surface area contributed by atoms with E-state index in [9.17, 15) is 15.3 Å². The zero-order valence-corrected chi connectivity index (χ0v) is 14.4. The van der Waals surface area contributed by atoms with Crippen molar-refractivity contribution in [3.05, 3.63) is 24.3 Å². The Balaban J connectivity index is 1.93. The standard InChI is InChI=1S/C16H23N5O4/c1-8(2)4-9(3)20-14-11-15(18-6-17-14)21(7-19-11)16-13(24)12(23)10(5-22)25-16/h4,6-7,9-10,12-13,16,22-24H,5H2,1-3H3,(H,17,18,20)/t9-,10+,12+,13+,16+/m0/s1. The first-order chi connectivity index (χ1) is 11.9. The molecule has 0 bridgehead atoms. The predicted molar refractivity (Wildman–Crippen MR) is 90.8 cm³/mol. The number of ether oxygens (including phenoxy) is 1. The van der Waals surface area contributed by atoms with Crippen LogP contribution in [0.4, 0.5) is 5.82 Å². The van der Waals surface area contributed by atoms with Crippen molar-refractivity contribution >= 4 is 17.0 Å². The van der Waals surface area contributed by atoms with Gasteiger partial charge in [-0.05, 0) is 20.8 Å². The molecular weight excluding hydrogens is 326 g/mol. The van der Waals surface area contributed by atoms with Crippen LogP contribution in [0.15, 0.2) is 24.3 Å². The second-order valence-corrected chi connectivity index (χ2v) is 6.45. The van der Waals surface area contributed by atoms with Crippen LogP contribution in [0.25, 0.3) is 11.2 Å². The van der Waals surface area contributed by atoms with Gasteiger partial charge in [-0.3, -0.25) is 4.57 Å². The van der Waals surface area contributed by atoms with Crippen LogP contribution in [0.1, 0.15) is 27.0 Å². The summed E-state index contributed by atoms with van der Waals surface area (Å²) in [5, 5.41) is 32.6. The Hall–Kier alpha value is -2.07. The molecule has 0 saturated carbocycles. The molecule has 25 heavy (non-hydrogen) atoms. The summed E-state index contributed by atoms with van der Waals surface area (Å²) in [6.45, 7) is 5.65. The van der Waals surface area contributed by atoms with Crippen molar-refractivity contribution in [3.8, 4) is 0 Å². The van der Waals surface area contributed by atoms with Crippen molar-refractivity contribution in [1.82, 2.24) is 19.5 Å². The first-order valence-electron chi connectivity index (χ1n) is 8.14. The molecular formula is C16H23N5O4. The fourth-order valence-corrected chi connectivity index (χ4v) is 3.01. The minimum atomic E-state index is -1.19. The van der Waals surface area contributed by atoms with Gasteiger partial charge in [0.1, 0.15) is 24.6 Å². The average molecular weight is 349 g/mol. The number of allylic oxidation sites excluding steroid dienone is 1. The van der Waals surface area contributed by atoms with Crippen LogP contribution in [0.3, 0.4) is 0 Å². The van der Waals surface area contributed by atoms with Crippen molar-refractivity contribution in [2.75, 3.05) is 11.9 Å². The summed E-state index contributed by atoms with van der Waals surface area (Å²) in [7, 11) is 0. The number of nitrogens with zero attached hydrogens (tertiary/aromatic N) is 4. The van der Waals surface area contributed by atoms with E-state index in [2.05, 4.69) is 26.3 Å². The van der Waals surface area contributed by atoms with E-state index in [0.29, 0.717) is 17.0 Å². The van der Waals surface area contributed by atoms with Gasteiger partial charge in [-0.1, -0.05) is 11.6 Å². The largest absolute Gasteiger partial charge is 0.394 e. The Bertz CT molecular complexity index is 773. The topological polar surface area (TPSA) is 126 Å². The highest BCUT2D eigenvalue weighted by molar-refractivity contribution is 5.82. The van der Waals surface area contributed by atoms with Crippen LogP contribution in [-0.4, -0.2) is 65.8 Å². The molecule has 2 aromatic heterocycles. The Kier molecular flexibility index (Phi) is 5.00. The smallest absolute Gasteiger partial charge is 0.167 e. The van der Waals surface area contributed by atoms with Gasteiger partial charge in [0, 0.05) is 6.04 Å². The summed E-state index contributed by atoms with van der Waals surface area (Å²) in [4.78, 5) is 12.8. The SMILES string of the molecule is CC(C)=C[C@H](C)Nc1ncnc2c1ncn2[C@@H]1O[C@H](CO)[C@@H](O)[C@H]1O.